The zero-order valence-corrected chi connectivity index (χ0v) is 12.4. The second kappa shape index (κ2) is 8.04. The summed E-state index contributed by atoms with van der Waals surface area (Å²) in [6, 6.07) is 10.4. The van der Waals surface area contributed by atoms with Gasteiger partial charge in [0.15, 0.2) is 0 Å². The summed E-state index contributed by atoms with van der Waals surface area (Å²) < 4.78 is 7.41. The molecule has 2 rings (SSSR count). The molecule has 0 amide bonds. The van der Waals surface area contributed by atoms with Crippen LogP contribution in [0.4, 0.5) is 0 Å². The van der Waals surface area contributed by atoms with Crippen LogP contribution in [0.25, 0.3) is 0 Å². The van der Waals surface area contributed by atoms with Crippen LogP contribution in [0.15, 0.2) is 36.5 Å². The third-order valence-electron chi connectivity index (χ3n) is 3.07. The van der Waals surface area contributed by atoms with E-state index in [1.54, 1.807) is 6.20 Å². The lowest BCUT2D eigenvalue weighted by atomic mass is 10.2. The van der Waals surface area contributed by atoms with Gasteiger partial charge in [-0.3, -0.25) is 0 Å². The number of nitrogens with one attached hydrogen (secondary N) is 1. The van der Waals surface area contributed by atoms with Gasteiger partial charge < -0.3 is 14.6 Å². The molecule has 0 saturated heterocycles. The average Bonchev–Trinajstić information content (AvgIpc) is 2.79. The lowest BCUT2D eigenvalue weighted by Crippen LogP contribution is -2.16. The van der Waals surface area contributed by atoms with Crippen LogP contribution in [0.2, 0.25) is 5.15 Å². The van der Waals surface area contributed by atoms with Gasteiger partial charge in [-0.15, -0.1) is 0 Å². The van der Waals surface area contributed by atoms with Crippen molar-refractivity contribution >= 4 is 11.6 Å². The minimum Gasteiger partial charge on any atom is -0.373 e. The Bertz CT molecular complexity index is 513. The van der Waals surface area contributed by atoms with Crippen molar-refractivity contribution in [3.8, 4) is 0 Å². The number of ether oxygens (including phenoxy) is 1. The summed E-state index contributed by atoms with van der Waals surface area (Å²) in [4.78, 5) is 4.18. The van der Waals surface area contributed by atoms with E-state index in [1.807, 2.05) is 17.7 Å². The number of hydrogen-bond donors (Lipinski definition) is 1. The summed E-state index contributed by atoms with van der Waals surface area (Å²) >= 11 is 5.90. The zero-order chi connectivity index (χ0) is 14.2. The molecule has 108 valence electrons. The third-order valence-corrected chi connectivity index (χ3v) is 3.42. The molecular weight excluding hydrogens is 274 g/mol. The van der Waals surface area contributed by atoms with Gasteiger partial charge in [0.1, 0.15) is 17.6 Å². The van der Waals surface area contributed by atoms with Crippen LogP contribution in [0.3, 0.4) is 0 Å². The van der Waals surface area contributed by atoms with E-state index in [-0.39, 0.29) is 0 Å². The normalized spacial score (nSPS) is 10.9. The van der Waals surface area contributed by atoms with Gasteiger partial charge in [0.25, 0.3) is 0 Å². The fourth-order valence-electron chi connectivity index (χ4n) is 1.85. The molecule has 0 atom stereocenters. The van der Waals surface area contributed by atoms with Crippen molar-refractivity contribution in [2.75, 3.05) is 13.2 Å². The Morgan fingerprint density at radius 3 is 2.80 bits per heavy atom. The predicted molar refractivity (Wildman–Crippen MR) is 80.6 cm³/mol. The Kier molecular flexibility index (Phi) is 6.05. The maximum atomic E-state index is 5.90. The van der Waals surface area contributed by atoms with Gasteiger partial charge in [-0.25, -0.2) is 4.98 Å². The van der Waals surface area contributed by atoms with Crippen molar-refractivity contribution in [3.05, 3.63) is 53.1 Å². The number of rotatable bonds is 8. The highest BCUT2D eigenvalue weighted by Crippen LogP contribution is 2.09. The van der Waals surface area contributed by atoms with Crippen molar-refractivity contribution in [2.45, 2.75) is 19.6 Å². The Labute approximate surface area is 124 Å². The van der Waals surface area contributed by atoms with Gasteiger partial charge in [-0.2, -0.15) is 0 Å². The number of imidazole rings is 1. The van der Waals surface area contributed by atoms with Crippen LogP contribution in [0, 0.1) is 0 Å². The Morgan fingerprint density at radius 1 is 1.30 bits per heavy atom. The van der Waals surface area contributed by atoms with Crippen molar-refractivity contribution in [1.29, 1.82) is 0 Å². The second-order valence-electron chi connectivity index (χ2n) is 4.62. The second-order valence-corrected chi connectivity index (χ2v) is 5.01. The van der Waals surface area contributed by atoms with Crippen LogP contribution >= 0.6 is 11.6 Å². The zero-order valence-electron chi connectivity index (χ0n) is 11.7. The number of aromatic nitrogens is 2. The summed E-state index contributed by atoms with van der Waals surface area (Å²) in [5, 5.41) is 4.03. The number of hydrogen-bond acceptors (Lipinski definition) is 3. The highest BCUT2D eigenvalue weighted by atomic mass is 35.5. The van der Waals surface area contributed by atoms with Gasteiger partial charge in [0, 0.05) is 20.2 Å². The van der Waals surface area contributed by atoms with Crippen molar-refractivity contribution in [1.82, 2.24) is 14.9 Å². The molecule has 0 bridgehead atoms. The van der Waals surface area contributed by atoms with Crippen LogP contribution in [-0.2, 0) is 24.9 Å². The lowest BCUT2D eigenvalue weighted by Gasteiger charge is -2.06. The lowest BCUT2D eigenvalue weighted by molar-refractivity contribution is 0.111. The summed E-state index contributed by atoms with van der Waals surface area (Å²) in [6.07, 6.45) is 2.62. The largest absolute Gasteiger partial charge is 0.373 e. The molecule has 2 aromatic rings. The molecule has 1 N–H and O–H groups in total. The monoisotopic (exact) mass is 293 g/mol. The minimum absolute atomic E-state index is 0.502. The molecule has 0 fully saturated rings. The SMILES string of the molecule is Cn1c(Cl)cnc1COCCCNCc1ccccc1. The molecular formula is C15H20ClN3O. The van der Waals surface area contributed by atoms with Crippen LogP contribution in [-0.4, -0.2) is 22.7 Å². The van der Waals surface area contributed by atoms with Gasteiger partial charge in [0.2, 0.25) is 0 Å². The summed E-state index contributed by atoms with van der Waals surface area (Å²) in [6.45, 7) is 3.06. The highest BCUT2D eigenvalue weighted by molar-refractivity contribution is 6.29. The molecule has 0 aliphatic carbocycles. The standard InChI is InChI=1S/C15H20ClN3O/c1-19-14(16)11-18-15(19)12-20-9-5-8-17-10-13-6-3-2-4-7-13/h2-4,6-7,11,17H,5,8-10,12H2,1H3. The third kappa shape index (κ3) is 4.63. The summed E-state index contributed by atoms with van der Waals surface area (Å²) in [5.41, 5.74) is 1.30. The number of benzene rings is 1. The molecule has 0 unspecified atom stereocenters. The minimum atomic E-state index is 0.502. The highest BCUT2D eigenvalue weighted by Gasteiger charge is 2.03. The molecule has 20 heavy (non-hydrogen) atoms. The van der Waals surface area contributed by atoms with Crippen LogP contribution < -0.4 is 5.32 Å². The molecule has 0 spiro atoms. The first-order valence-electron chi connectivity index (χ1n) is 6.76. The number of nitrogens with zero attached hydrogens (tertiary/aromatic N) is 2. The van der Waals surface area contributed by atoms with E-state index in [4.69, 9.17) is 16.3 Å². The van der Waals surface area contributed by atoms with E-state index in [9.17, 15) is 0 Å². The van der Waals surface area contributed by atoms with E-state index >= 15 is 0 Å². The van der Waals surface area contributed by atoms with Gasteiger partial charge in [-0.1, -0.05) is 41.9 Å². The Hall–Kier alpha value is -1.36. The van der Waals surface area contributed by atoms with Crippen molar-refractivity contribution in [2.24, 2.45) is 7.05 Å². The van der Waals surface area contributed by atoms with E-state index < -0.39 is 0 Å². The molecule has 1 aromatic carbocycles. The molecule has 0 aliphatic heterocycles. The van der Waals surface area contributed by atoms with E-state index in [2.05, 4.69) is 34.6 Å². The van der Waals surface area contributed by atoms with Gasteiger partial charge >= 0.3 is 0 Å². The first-order valence-corrected chi connectivity index (χ1v) is 7.13. The summed E-state index contributed by atoms with van der Waals surface area (Å²) in [5.74, 6) is 0.854. The predicted octanol–water partition coefficient (Wildman–Crippen LogP) is 2.77. The van der Waals surface area contributed by atoms with E-state index in [0.717, 1.165) is 25.3 Å². The van der Waals surface area contributed by atoms with Crippen molar-refractivity contribution < 1.29 is 4.74 Å². The molecule has 4 nitrogen and oxygen atoms in total. The maximum absolute atomic E-state index is 5.90. The Balaban J connectivity index is 1.53. The topological polar surface area (TPSA) is 39.1 Å². The number of halogens is 1. The van der Waals surface area contributed by atoms with Crippen LogP contribution in [0.1, 0.15) is 17.8 Å². The average molecular weight is 294 g/mol. The summed E-state index contributed by atoms with van der Waals surface area (Å²) in [7, 11) is 1.88. The quantitative estimate of drug-likeness (QED) is 0.761. The maximum Gasteiger partial charge on any atom is 0.135 e. The van der Waals surface area contributed by atoms with Gasteiger partial charge in [-0.05, 0) is 18.5 Å². The molecule has 1 heterocycles. The fraction of sp³-hybridized carbons (Fsp3) is 0.400. The van der Waals surface area contributed by atoms with E-state index in [1.165, 1.54) is 5.56 Å². The molecule has 5 heteroatoms. The molecule has 1 aromatic heterocycles. The first-order chi connectivity index (χ1) is 9.77. The van der Waals surface area contributed by atoms with Crippen molar-refractivity contribution in [3.63, 3.8) is 0 Å². The molecule has 0 saturated carbocycles. The smallest absolute Gasteiger partial charge is 0.135 e. The van der Waals surface area contributed by atoms with Gasteiger partial charge in [0.05, 0.1) is 6.20 Å². The molecule has 0 aliphatic rings. The van der Waals surface area contributed by atoms with Crippen LogP contribution in [0.5, 0.6) is 0 Å². The fourth-order valence-corrected chi connectivity index (χ4v) is 2.00. The molecule has 0 radical (unpaired) electrons. The first kappa shape index (κ1) is 15.0. The van der Waals surface area contributed by atoms with E-state index in [0.29, 0.717) is 18.4 Å². The Morgan fingerprint density at radius 2 is 2.10 bits per heavy atom.